The van der Waals surface area contributed by atoms with Crippen molar-refractivity contribution in [3.63, 3.8) is 0 Å². The van der Waals surface area contributed by atoms with Gasteiger partial charge in [-0.15, -0.1) is 0 Å². The average molecular weight is 432 g/mol. The Labute approximate surface area is 190 Å². The third kappa shape index (κ3) is 4.47. The van der Waals surface area contributed by atoms with Crippen LogP contribution in [-0.4, -0.2) is 29.1 Å². The summed E-state index contributed by atoms with van der Waals surface area (Å²) in [7, 11) is 0. The summed E-state index contributed by atoms with van der Waals surface area (Å²) in [6.07, 6.45) is 9.01. The summed E-state index contributed by atoms with van der Waals surface area (Å²) in [4.78, 5) is 32.5. The first-order chi connectivity index (χ1) is 15.6. The second-order valence-electron chi connectivity index (χ2n) is 8.98. The van der Waals surface area contributed by atoms with Crippen LogP contribution < -0.4 is 5.73 Å². The van der Waals surface area contributed by atoms with E-state index in [0.717, 1.165) is 43.2 Å². The molecule has 1 aliphatic carbocycles. The molecule has 2 aromatic carbocycles. The summed E-state index contributed by atoms with van der Waals surface area (Å²) in [6.45, 7) is 0.521. The fraction of sp³-hybridized carbons (Fsp3) is 0.444. The standard InChI is InChI=1S/C27H33N3O2/c28-26-29-27(22-15-7-2-8-16-22,23-17-9-3-10-18-23)25(32)30(26)20-12-4-11-19-24(31)21-13-5-1-6-14-21/h2-3,7-10,15-18,21H,1,4-6,11-14,19-20H2,(H2,28,29). The number of benzene rings is 2. The number of nitrogens with zero attached hydrogens (tertiary/aromatic N) is 2. The Morgan fingerprint density at radius 2 is 1.50 bits per heavy atom. The summed E-state index contributed by atoms with van der Waals surface area (Å²) in [5.41, 5.74) is 6.78. The summed E-state index contributed by atoms with van der Waals surface area (Å²) in [5, 5.41) is 0. The molecule has 0 unspecified atom stereocenters. The number of hydrogen-bond donors (Lipinski definition) is 1. The Morgan fingerprint density at radius 3 is 2.09 bits per heavy atom. The van der Waals surface area contributed by atoms with E-state index in [1.807, 2.05) is 60.7 Å². The molecule has 168 valence electrons. The largest absolute Gasteiger partial charge is 0.369 e. The SMILES string of the molecule is NC1=NC(c2ccccc2)(c2ccccc2)C(=O)N1CCCCCC(=O)C1CCCCC1. The van der Waals surface area contributed by atoms with Crippen molar-refractivity contribution in [3.8, 4) is 0 Å². The van der Waals surface area contributed by atoms with Gasteiger partial charge in [-0.3, -0.25) is 14.5 Å². The highest BCUT2D eigenvalue weighted by atomic mass is 16.2. The van der Waals surface area contributed by atoms with Crippen molar-refractivity contribution >= 4 is 17.6 Å². The second kappa shape index (κ2) is 10.1. The number of unbranched alkanes of at least 4 members (excludes halogenated alkanes) is 2. The molecule has 0 atom stereocenters. The van der Waals surface area contributed by atoms with E-state index in [0.29, 0.717) is 18.7 Å². The number of carbonyl (C=O) groups excluding carboxylic acids is 2. The van der Waals surface area contributed by atoms with Gasteiger partial charge >= 0.3 is 0 Å². The van der Waals surface area contributed by atoms with Crippen LogP contribution in [0.3, 0.4) is 0 Å². The van der Waals surface area contributed by atoms with Crippen molar-refractivity contribution in [3.05, 3.63) is 71.8 Å². The first-order valence-electron chi connectivity index (χ1n) is 11.9. The molecule has 1 amide bonds. The van der Waals surface area contributed by atoms with Gasteiger partial charge in [0.15, 0.2) is 11.5 Å². The molecule has 0 saturated heterocycles. The van der Waals surface area contributed by atoms with Gasteiger partial charge in [0.1, 0.15) is 5.78 Å². The van der Waals surface area contributed by atoms with Crippen LogP contribution in [0.25, 0.3) is 0 Å². The molecule has 1 fully saturated rings. The zero-order valence-corrected chi connectivity index (χ0v) is 18.7. The lowest BCUT2D eigenvalue weighted by Gasteiger charge is -2.27. The summed E-state index contributed by atoms with van der Waals surface area (Å²) in [6, 6.07) is 19.3. The van der Waals surface area contributed by atoms with Crippen LogP contribution in [-0.2, 0) is 15.1 Å². The Hall–Kier alpha value is -2.95. The maximum Gasteiger partial charge on any atom is 0.266 e. The number of amides is 1. The Morgan fingerprint density at radius 1 is 0.906 bits per heavy atom. The molecule has 1 aliphatic heterocycles. The fourth-order valence-electron chi connectivity index (χ4n) is 5.07. The highest BCUT2D eigenvalue weighted by Crippen LogP contribution is 2.39. The molecule has 32 heavy (non-hydrogen) atoms. The van der Waals surface area contributed by atoms with Crippen molar-refractivity contribution < 1.29 is 9.59 Å². The Bertz CT molecular complexity index is 910. The lowest BCUT2D eigenvalue weighted by atomic mass is 9.83. The highest BCUT2D eigenvalue weighted by Gasteiger charge is 2.50. The number of guanidine groups is 1. The monoisotopic (exact) mass is 431 g/mol. The molecular weight excluding hydrogens is 398 g/mol. The molecule has 0 spiro atoms. The van der Waals surface area contributed by atoms with Gasteiger partial charge in [0.05, 0.1) is 0 Å². The molecule has 2 N–H and O–H groups in total. The number of Topliss-reactive ketones (excluding diaryl/α,β-unsaturated/α-hetero) is 1. The summed E-state index contributed by atoms with van der Waals surface area (Å²) in [5.74, 6) is 0.867. The number of ketones is 1. The van der Waals surface area contributed by atoms with Crippen molar-refractivity contribution in [2.75, 3.05) is 6.54 Å². The lowest BCUT2D eigenvalue weighted by molar-refractivity contribution is -0.130. The minimum atomic E-state index is -1.14. The molecule has 2 aromatic rings. The zero-order valence-electron chi connectivity index (χ0n) is 18.7. The van der Waals surface area contributed by atoms with Gasteiger partial charge in [0.25, 0.3) is 5.91 Å². The van der Waals surface area contributed by atoms with E-state index in [4.69, 9.17) is 10.7 Å². The van der Waals surface area contributed by atoms with Crippen LogP contribution >= 0.6 is 0 Å². The van der Waals surface area contributed by atoms with Gasteiger partial charge in [-0.25, -0.2) is 4.99 Å². The van der Waals surface area contributed by atoms with Gasteiger partial charge in [0.2, 0.25) is 0 Å². The predicted octanol–water partition coefficient (Wildman–Crippen LogP) is 4.80. The number of rotatable bonds is 9. The van der Waals surface area contributed by atoms with Crippen LogP contribution in [0.5, 0.6) is 0 Å². The van der Waals surface area contributed by atoms with E-state index in [1.54, 1.807) is 4.90 Å². The minimum Gasteiger partial charge on any atom is -0.369 e. The number of carbonyl (C=O) groups is 2. The maximum atomic E-state index is 13.7. The Kier molecular flexibility index (Phi) is 7.03. The molecule has 1 saturated carbocycles. The van der Waals surface area contributed by atoms with Gasteiger partial charge in [0, 0.05) is 18.9 Å². The normalized spacial score (nSPS) is 18.6. The van der Waals surface area contributed by atoms with Crippen LogP contribution in [0.1, 0.15) is 68.9 Å². The van der Waals surface area contributed by atoms with E-state index < -0.39 is 5.54 Å². The van der Waals surface area contributed by atoms with E-state index >= 15 is 0 Å². The predicted molar refractivity (Wildman–Crippen MR) is 127 cm³/mol. The van der Waals surface area contributed by atoms with Gasteiger partial charge in [-0.1, -0.05) is 86.3 Å². The third-order valence-corrected chi connectivity index (χ3v) is 6.86. The van der Waals surface area contributed by atoms with Crippen LogP contribution in [0.2, 0.25) is 0 Å². The first kappa shape index (κ1) is 22.3. The van der Waals surface area contributed by atoms with E-state index in [2.05, 4.69) is 0 Å². The van der Waals surface area contributed by atoms with Crippen LogP contribution in [0.15, 0.2) is 65.7 Å². The lowest BCUT2D eigenvalue weighted by Crippen LogP contribution is -2.44. The van der Waals surface area contributed by atoms with Crippen LogP contribution in [0.4, 0.5) is 0 Å². The fourth-order valence-corrected chi connectivity index (χ4v) is 5.07. The average Bonchev–Trinajstić information content (AvgIpc) is 3.11. The summed E-state index contributed by atoms with van der Waals surface area (Å²) < 4.78 is 0. The third-order valence-electron chi connectivity index (χ3n) is 6.86. The molecular formula is C27H33N3O2. The molecule has 0 aromatic heterocycles. The quantitative estimate of drug-likeness (QED) is 0.580. The van der Waals surface area contributed by atoms with E-state index in [9.17, 15) is 9.59 Å². The molecule has 0 bridgehead atoms. The zero-order chi connectivity index (χ0) is 22.4. The topological polar surface area (TPSA) is 75.8 Å². The van der Waals surface area contributed by atoms with E-state index in [1.165, 1.54) is 19.3 Å². The Balaban J connectivity index is 1.39. The van der Waals surface area contributed by atoms with Gasteiger partial charge in [-0.2, -0.15) is 0 Å². The summed E-state index contributed by atoms with van der Waals surface area (Å²) >= 11 is 0. The van der Waals surface area contributed by atoms with Crippen LogP contribution in [0, 0.1) is 5.92 Å². The van der Waals surface area contributed by atoms with Gasteiger partial charge < -0.3 is 5.73 Å². The molecule has 4 rings (SSSR count). The number of hydrogen-bond acceptors (Lipinski definition) is 4. The highest BCUT2D eigenvalue weighted by molar-refractivity contribution is 6.09. The molecule has 0 radical (unpaired) electrons. The van der Waals surface area contributed by atoms with Crippen molar-refractivity contribution in [2.24, 2.45) is 16.6 Å². The molecule has 5 nitrogen and oxygen atoms in total. The maximum absolute atomic E-state index is 13.7. The molecule has 2 aliphatic rings. The second-order valence-corrected chi connectivity index (χ2v) is 8.98. The van der Waals surface area contributed by atoms with Gasteiger partial charge in [-0.05, 0) is 36.8 Å². The number of nitrogens with two attached hydrogens (primary N) is 1. The van der Waals surface area contributed by atoms with Crippen molar-refractivity contribution in [1.29, 1.82) is 0 Å². The smallest absolute Gasteiger partial charge is 0.266 e. The van der Waals surface area contributed by atoms with Crippen molar-refractivity contribution in [1.82, 2.24) is 4.90 Å². The first-order valence-corrected chi connectivity index (χ1v) is 11.9. The molecule has 1 heterocycles. The number of aliphatic imine (C=N–C) groups is 1. The van der Waals surface area contributed by atoms with E-state index in [-0.39, 0.29) is 17.8 Å². The molecule has 5 heteroatoms. The minimum absolute atomic E-state index is 0.106. The van der Waals surface area contributed by atoms with Crippen molar-refractivity contribution in [2.45, 2.75) is 63.3 Å².